The highest BCUT2D eigenvalue weighted by molar-refractivity contribution is 9.10. The lowest BCUT2D eigenvalue weighted by Gasteiger charge is -2.42. The third-order valence-corrected chi connectivity index (χ3v) is 5.32. The lowest BCUT2D eigenvalue weighted by Crippen LogP contribution is -2.50. The molecular formula is C17H20BrN3. The summed E-state index contributed by atoms with van der Waals surface area (Å²) in [6, 6.07) is 13.2. The number of hydrogen-bond donors (Lipinski definition) is 1. The molecule has 2 aliphatic rings. The number of halogens is 1. The smallest absolute Gasteiger partial charge is 0.0705 e. The van der Waals surface area contributed by atoms with Crippen molar-refractivity contribution in [2.45, 2.75) is 25.0 Å². The highest BCUT2D eigenvalue weighted by atomic mass is 79.9. The summed E-state index contributed by atoms with van der Waals surface area (Å²) in [6.45, 7) is 5.43. The molecule has 0 radical (unpaired) electrons. The molecule has 4 heteroatoms. The molecule has 0 aliphatic carbocycles. The van der Waals surface area contributed by atoms with Crippen LogP contribution in [0.15, 0.2) is 47.1 Å². The van der Waals surface area contributed by atoms with Crippen LogP contribution in [0.3, 0.4) is 0 Å². The van der Waals surface area contributed by atoms with Gasteiger partial charge in [-0.2, -0.15) is 0 Å². The van der Waals surface area contributed by atoms with Crippen LogP contribution in [0, 0.1) is 0 Å². The molecule has 3 nitrogen and oxygen atoms in total. The third kappa shape index (κ3) is 2.45. The van der Waals surface area contributed by atoms with Gasteiger partial charge in [-0.15, -0.1) is 0 Å². The highest BCUT2D eigenvalue weighted by Gasteiger charge is 2.40. The summed E-state index contributed by atoms with van der Waals surface area (Å²) in [5.74, 6) is 0. The Balaban J connectivity index is 1.59. The molecule has 1 N–H and O–H groups in total. The zero-order chi connectivity index (χ0) is 14.3. The van der Waals surface area contributed by atoms with Crippen molar-refractivity contribution in [3.05, 3.63) is 58.3 Å². The second-order valence-electron chi connectivity index (χ2n) is 6.29. The molecule has 110 valence electrons. The van der Waals surface area contributed by atoms with E-state index in [2.05, 4.69) is 73.3 Å². The van der Waals surface area contributed by atoms with Crippen molar-refractivity contribution >= 4 is 15.9 Å². The molecule has 1 fully saturated rings. The topological polar surface area (TPSA) is 20.2 Å². The Labute approximate surface area is 134 Å². The van der Waals surface area contributed by atoms with Crippen LogP contribution in [0.2, 0.25) is 0 Å². The molecule has 1 aromatic heterocycles. The van der Waals surface area contributed by atoms with Gasteiger partial charge in [0.2, 0.25) is 0 Å². The molecule has 21 heavy (non-hydrogen) atoms. The number of benzene rings is 1. The van der Waals surface area contributed by atoms with Gasteiger partial charge in [0.05, 0.1) is 5.54 Å². The molecule has 1 saturated heterocycles. The average Bonchev–Trinajstić information content (AvgIpc) is 3.12. The van der Waals surface area contributed by atoms with Crippen LogP contribution in [0.4, 0.5) is 0 Å². The summed E-state index contributed by atoms with van der Waals surface area (Å²) >= 11 is 3.51. The Hall–Kier alpha value is -1.10. The first-order valence-electron chi connectivity index (χ1n) is 7.59. The van der Waals surface area contributed by atoms with Gasteiger partial charge in [-0.1, -0.05) is 28.1 Å². The molecule has 3 heterocycles. The van der Waals surface area contributed by atoms with E-state index in [4.69, 9.17) is 0 Å². The van der Waals surface area contributed by atoms with Crippen molar-refractivity contribution in [2.75, 3.05) is 19.6 Å². The van der Waals surface area contributed by atoms with Crippen LogP contribution < -0.4 is 5.32 Å². The van der Waals surface area contributed by atoms with E-state index in [1.54, 1.807) is 0 Å². The van der Waals surface area contributed by atoms with E-state index in [1.807, 2.05) is 0 Å². The summed E-state index contributed by atoms with van der Waals surface area (Å²) in [4.78, 5) is 2.59. The van der Waals surface area contributed by atoms with Crippen LogP contribution >= 0.6 is 15.9 Å². The van der Waals surface area contributed by atoms with Crippen molar-refractivity contribution < 1.29 is 0 Å². The van der Waals surface area contributed by atoms with Crippen LogP contribution in [-0.4, -0.2) is 29.1 Å². The fourth-order valence-electron chi connectivity index (χ4n) is 3.82. The van der Waals surface area contributed by atoms with Crippen LogP contribution in [-0.2, 0) is 18.6 Å². The Morgan fingerprint density at radius 3 is 2.81 bits per heavy atom. The lowest BCUT2D eigenvalue weighted by atomic mass is 9.94. The maximum absolute atomic E-state index is 3.55. The number of rotatable bonds is 2. The van der Waals surface area contributed by atoms with Crippen LogP contribution in [0.25, 0.3) is 0 Å². The second-order valence-corrected chi connectivity index (χ2v) is 7.21. The van der Waals surface area contributed by atoms with Crippen LogP contribution in [0.5, 0.6) is 0 Å². The minimum atomic E-state index is 0.256. The second kappa shape index (κ2) is 5.27. The zero-order valence-corrected chi connectivity index (χ0v) is 13.6. The number of fused-ring (bicyclic) bond motifs is 2. The Morgan fingerprint density at radius 2 is 2.05 bits per heavy atom. The normalized spacial score (nSPS) is 25.4. The van der Waals surface area contributed by atoms with Crippen molar-refractivity contribution in [3.63, 3.8) is 0 Å². The van der Waals surface area contributed by atoms with Gasteiger partial charge in [-0.05, 0) is 42.8 Å². The summed E-state index contributed by atoms with van der Waals surface area (Å²) in [7, 11) is 0. The Kier molecular flexibility index (Phi) is 3.40. The first kappa shape index (κ1) is 13.6. The molecule has 1 aromatic carbocycles. The number of nitrogens with one attached hydrogen (secondary N) is 1. The predicted molar refractivity (Wildman–Crippen MR) is 88.1 cm³/mol. The van der Waals surface area contributed by atoms with Gasteiger partial charge in [0.25, 0.3) is 0 Å². The fraction of sp³-hybridized carbons (Fsp3) is 0.412. The molecule has 1 spiro atoms. The molecular weight excluding hydrogens is 326 g/mol. The molecule has 1 atom stereocenters. The summed E-state index contributed by atoms with van der Waals surface area (Å²) in [5.41, 5.74) is 3.09. The van der Waals surface area contributed by atoms with Crippen molar-refractivity contribution in [1.82, 2.24) is 14.8 Å². The zero-order valence-electron chi connectivity index (χ0n) is 12.1. The highest BCUT2D eigenvalue weighted by Crippen LogP contribution is 2.33. The molecule has 2 aromatic rings. The SMILES string of the molecule is Brc1ccc(CN2Cc3cccn3C3(CCNC3)C2)cc1. The van der Waals surface area contributed by atoms with Gasteiger partial charge in [0, 0.05) is 42.5 Å². The summed E-state index contributed by atoms with van der Waals surface area (Å²) < 4.78 is 3.67. The minimum Gasteiger partial charge on any atom is -0.342 e. The maximum atomic E-state index is 3.55. The van der Waals surface area contributed by atoms with Gasteiger partial charge in [0.15, 0.2) is 0 Å². The van der Waals surface area contributed by atoms with E-state index < -0.39 is 0 Å². The predicted octanol–water partition coefficient (Wildman–Crippen LogP) is 2.96. The summed E-state index contributed by atoms with van der Waals surface area (Å²) in [5, 5.41) is 3.55. The van der Waals surface area contributed by atoms with Crippen molar-refractivity contribution in [1.29, 1.82) is 0 Å². The average molecular weight is 346 g/mol. The van der Waals surface area contributed by atoms with Gasteiger partial charge >= 0.3 is 0 Å². The molecule has 4 rings (SSSR count). The lowest BCUT2D eigenvalue weighted by molar-refractivity contribution is 0.114. The standard InChI is InChI=1S/C17H20BrN3/c18-15-5-3-14(4-6-15)10-20-11-16-2-1-9-21(16)17(13-20)7-8-19-12-17/h1-6,9,19H,7-8,10-13H2. The summed E-state index contributed by atoms with van der Waals surface area (Å²) in [6.07, 6.45) is 3.49. The monoisotopic (exact) mass is 345 g/mol. The van der Waals surface area contributed by atoms with E-state index in [0.717, 1.165) is 37.2 Å². The van der Waals surface area contributed by atoms with E-state index in [1.165, 1.54) is 17.7 Å². The first-order chi connectivity index (χ1) is 10.3. The molecule has 0 amide bonds. The van der Waals surface area contributed by atoms with Gasteiger partial charge < -0.3 is 9.88 Å². The van der Waals surface area contributed by atoms with Crippen LogP contribution in [0.1, 0.15) is 17.7 Å². The third-order valence-electron chi connectivity index (χ3n) is 4.79. The maximum Gasteiger partial charge on any atom is 0.0705 e. The Morgan fingerprint density at radius 1 is 1.19 bits per heavy atom. The largest absolute Gasteiger partial charge is 0.342 e. The fourth-order valence-corrected chi connectivity index (χ4v) is 4.08. The van der Waals surface area contributed by atoms with E-state index >= 15 is 0 Å². The van der Waals surface area contributed by atoms with E-state index in [0.29, 0.717) is 0 Å². The van der Waals surface area contributed by atoms with E-state index in [-0.39, 0.29) is 5.54 Å². The Bertz CT molecular complexity index is 626. The van der Waals surface area contributed by atoms with Gasteiger partial charge in [0.1, 0.15) is 0 Å². The first-order valence-corrected chi connectivity index (χ1v) is 8.39. The minimum absolute atomic E-state index is 0.256. The molecule has 0 bridgehead atoms. The quantitative estimate of drug-likeness (QED) is 0.902. The molecule has 1 unspecified atom stereocenters. The number of aromatic nitrogens is 1. The number of nitrogens with zero attached hydrogens (tertiary/aromatic N) is 2. The number of hydrogen-bond acceptors (Lipinski definition) is 2. The van der Waals surface area contributed by atoms with E-state index in [9.17, 15) is 0 Å². The molecule has 2 aliphatic heterocycles. The van der Waals surface area contributed by atoms with Crippen molar-refractivity contribution in [3.8, 4) is 0 Å². The van der Waals surface area contributed by atoms with Crippen molar-refractivity contribution in [2.24, 2.45) is 0 Å². The van der Waals surface area contributed by atoms with Gasteiger partial charge in [-0.25, -0.2) is 0 Å². The molecule has 0 saturated carbocycles. The van der Waals surface area contributed by atoms with Gasteiger partial charge in [-0.3, -0.25) is 4.90 Å².